The van der Waals surface area contributed by atoms with E-state index in [0.29, 0.717) is 0 Å². The van der Waals surface area contributed by atoms with Crippen LogP contribution in [0.3, 0.4) is 0 Å². The van der Waals surface area contributed by atoms with Gasteiger partial charge in [0.25, 0.3) is 5.91 Å². The number of aliphatic hydroxyl groups excluding tert-OH is 2. The molecule has 5 nitrogen and oxygen atoms in total. The van der Waals surface area contributed by atoms with Gasteiger partial charge < -0.3 is 15.5 Å². The molecule has 1 saturated heterocycles. The normalized spacial score (nSPS) is 42.7. The summed E-state index contributed by atoms with van der Waals surface area (Å²) >= 11 is 0. The third kappa shape index (κ3) is 3.32. The summed E-state index contributed by atoms with van der Waals surface area (Å²) in [5, 5.41) is 24.9. The van der Waals surface area contributed by atoms with Crippen molar-refractivity contribution in [3.05, 3.63) is 23.0 Å². The summed E-state index contributed by atoms with van der Waals surface area (Å²) in [7, 11) is 0. The van der Waals surface area contributed by atoms with Gasteiger partial charge in [-0.3, -0.25) is 9.59 Å². The Kier molecular flexibility index (Phi) is 6.04. The highest BCUT2D eigenvalue weighted by atomic mass is 16.3. The molecule has 1 heterocycles. The number of rotatable bonds is 4. The van der Waals surface area contributed by atoms with E-state index >= 15 is 0 Å². The van der Waals surface area contributed by atoms with Crippen LogP contribution in [0.25, 0.3) is 0 Å². The fourth-order valence-electron chi connectivity index (χ4n) is 6.09. The average Bonchev–Trinajstić information content (AvgIpc) is 2.89. The number of carbonyl (C=O) groups excluding carboxylic acids is 2. The first-order chi connectivity index (χ1) is 13.2. The van der Waals surface area contributed by atoms with E-state index in [1.807, 2.05) is 0 Å². The third-order valence-electron chi connectivity index (χ3n) is 7.42. The maximum Gasteiger partial charge on any atom is 0.259 e. The van der Waals surface area contributed by atoms with Crippen molar-refractivity contribution in [2.45, 2.75) is 72.4 Å². The first-order valence-electron chi connectivity index (χ1n) is 10.9. The van der Waals surface area contributed by atoms with E-state index in [1.165, 1.54) is 5.57 Å². The van der Waals surface area contributed by atoms with Gasteiger partial charge in [0.2, 0.25) is 0 Å². The van der Waals surface area contributed by atoms with E-state index in [1.54, 1.807) is 6.92 Å². The first kappa shape index (κ1) is 21.1. The fraction of sp³-hybridized carbons (Fsp3) is 0.739. The monoisotopic (exact) mass is 389 g/mol. The lowest BCUT2D eigenvalue weighted by Gasteiger charge is -2.51. The Bertz CT molecular complexity index is 709. The number of carbonyl (C=O) groups is 2. The molecule has 156 valence electrons. The largest absolute Gasteiger partial charge is 0.511 e. The van der Waals surface area contributed by atoms with E-state index in [4.69, 9.17) is 0 Å². The zero-order chi connectivity index (χ0) is 20.7. The maximum atomic E-state index is 12.6. The highest BCUT2D eigenvalue weighted by Crippen LogP contribution is 2.54. The molecular weight excluding hydrogens is 354 g/mol. The molecule has 8 atom stereocenters. The number of hydrogen-bond acceptors (Lipinski definition) is 4. The highest BCUT2D eigenvalue weighted by molar-refractivity contribution is 6.26. The Morgan fingerprint density at radius 1 is 1.25 bits per heavy atom. The molecule has 0 radical (unpaired) electrons. The van der Waals surface area contributed by atoms with Gasteiger partial charge in [0.15, 0.2) is 5.78 Å². The summed E-state index contributed by atoms with van der Waals surface area (Å²) in [4.78, 5) is 25.0. The van der Waals surface area contributed by atoms with Crippen LogP contribution in [0, 0.1) is 35.5 Å². The summed E-state index contributed by atoms with van der Waals surface area (Å²) in [6.07, 6.45) is 5.44. The minimum atomic E-state index is -0.593. The molecule has 0 aromatic heterocycles. The van der Waals surface area contributed by atoms with Gasteiger partial charge in [-0.25, -0.2) is 0 Å². The summed E-state index contributed by atoms with van der Waals surface area (Å²) in [6.45, 7) is 10.1. The standard InChI is InChI=1S/C23H35NO4/c1-6-8-16-11(3)9-14-10-12(4)20(25)15(7-2)17(14)18(16)22(27)19-21(26)13(5)24-23(19)28/h9,12-18,20,25,27H,6-8,10H2,1-5H3,(H,24,28)/b22-19-. The van der Waals surface area contributed by atoms with Gasteiger partial charge in [0, 0.05) is 5.92 Å². The Morgan fingerprint density at radius 2 is 1.93 bits per heavy atom. The van der Waals surface area contributed by atoms with E-state index in [9.17, 15) is 19.8 Å². The number of allylic oxidation sites excluding steroid dienone is 3. The molecule has 0 aromatic carbocycles. The molecule has 0 bridgehead atoms. The second-order valence-electron chi connectivity index (χ2n) is 9.17. The van der Waals surface area contributed by atoms with E-state index in [-0.39, 0.29) is 52.6 Å². The zero-order valence-corrected chi connectivity index (χ0v) is 17.7. The van der Waals surface area contributed by atoms with Crippen molar-refractivity contribution >= 4 is 11.7 Å². The van der Waals surface area contributed by atoms with Gasteiger partial charge in [0.05, 0.1) is 12.1 Å². The molecule has 8 unspecified atom stereocenters. The van der Waals surface area contributed by atoms with E-state index in [2.05, 4.69) is 39.1 Å². The van der Waals surface area contributed by atoms with Crippen molar-refractivity contribution < 1.29 is 19.8 Å². The van der Waals surface area contributed by atoms with Crippen LogP contribution in [0.2, 0.25) is 0 Å². The van der Waals surface area contributed by atoms with Gasteiger partial charge in [-0.2, -0.15) is 0 Å². The van der Waals surface area contributed by atoms with Crippen LogP contribution in [-0.2, 0) is 9.59 Å². The molecule has 28 heavy (non-hydrogen) atoms. The van der Waals surface area contributed by atoms with Gasteiger partial charge >= 0.3 is 0 Å². The zero-order valence-electron chi connectivity index (χ0n) is 17.7. The smallest absolute Gasteiger partial charge is 0.259 e. The van der Waals surface area contributed by atoms with Crippen LogP contribution in [0.5, 0.6) is 0 Å². The van der Waals surface area contributed by atoms with Crippen LogP contribution < -0.4 is 5.32 Å². The van der Waals surface area contributed by atoms with Crippen molar-refractivity contribution in [2.24, 2.45) is 35.5 Å². The van der Waals surface area contributed by atoms with Crippen molar-refractivity contribution in [1.82, 2.24) is 5.32 Å². The lowest BCUT2D eigenvalue weighted by Crippen LogP contribution is -2.49. The minimum Gasteiger partial charge on any atom is -0.511 e. The van der Waals surface area contributed by atoms with Crippen molar-refractivity contribution in [3.8, 4) is 0 Å². The predicted molar refractivity (Wildman–Crippen MR) is 108 cm³/mol. The SMILES string of the molecule is CCCC1C(C)=CC2CC(C)C(O)C(CC)C2C1/C(O)=C1/C(=O)NC(C)C1=O. The number of hydrogen-bond donors (Lipinski definition) is 3. The van der Waals surface area contributed by atoms with Crippen LogP contribution in [0.15, 0.2) is 23.0 Å². The Labute approximate surface area is 168 Å². The quantitative estimate of drug-likeness (QED) is 0.297. The number of nitrogens with one attached hydrogen (secondary N) is 1. The van der Waals surface area contributed by atoms with Crippen LogP contribution in [-0.4, -0.2) is 34.0 Å². The number of aliphatic hydroxyl groups is 2. The molecule has 3 N–H and O–H groups in total. The highest BCUT2D eigenvalue weighted by Gasteiger charge is 2.51. The van der Waals surface area contributed by atoms with E-state index < -0.39 is 18.1 Å². The molecule has 1 saturated carbocycles. The summed E-state index contributed by atoms with van der Waals surface area (Å²) < 4.78 is 0. The second kappa shape index (κ2) is 8.02. The number of ketones is 1. The predicted octanol–water partition coefficient (Wildman–Crippen LogP) is 3.54. The molecule has 3 aliphatic rings. The Balaban J connectivity index is 2.15. The van der Waals surface area contributed by atoms with E-state index in [0.717, 1.165) is 25.7 Å². The minimum absolute atomic E-state index is 0.0421. The summed E-state index contributed by atoms with van der Waals surface area (Å²) in [5.74, 6) is -0.505. The van der Waals surface area contributed by atoms with Gasteiger partial charge in [-0.05, 0) is 56.3 Å². The summed E-state index contributed by atoms with van der Waals surface area (Å²) in [5.41, 5.74) is 1.17. The molecule has 3 rings (SSSR count). The number of amides is 1. The lowest BCUT2D eigenvalue weighted by molar-refractivity contribution is -0.117. The van der Waals surface area contributed by atoms with Crippen LogP contribution in [0.1, 0.15) is 60.3 Å². The Morgan fingerprint density at radius 3 is 2.46 bits per heavy atom. The van der Waals surface area contributed by atoms with Gasteiger partial charge in [-0.15, -0.1) is 0 Å². The molecular formula is C23H35NO4. The molecule has 2 aliphatic carbocycles. The molecule has 5 heteroatoms. The second-order valence-corrected chi connectivity index (χ2v) is 9.17. The maximum absolute atomic E-state index is 12.6. The number of fused-ring (bicyclic) bond motifs is 1. The van der Waals surface area contributed by atoms with Crippen molar-refractivity contribution in [3.63, 3.8) is 0 Å². The summed E-state index contributed by atoms with van der Waals surface area (Å²) in [6, 6.07) is -0.593. The lowest BCUT2D eigenvalue weighted by atomic mass is 9.54. The Hall–Kier alpha value is -1.62. The van der Waals surface area contributed by atoms with Gasteiger partial charge in [0.1, 0.15) is 11.3 Å². The molecule has 1 aliphatic heterocycles. The fourth-order valence-corrected chi connectivity index (χ4v) is 6.09. The molecule has 2 fully saturated rings. The molecule has 0 aromatic rings. The number of Topliss-reactive ketones (excluding diaryl/α,β-unsaturated/α-hetero) is 1. The first-order valence-corrected chi connectivity index (χ1v) is 10.9. The third-order valence-corrected chi connectivity index (χ3v) is 7.42. The van der Waals surface area contributed by atoms with Gasteiger partial charge in [-0.1, -0.05) is 45.3 Å². The molecule has 1 amide bonds. The van der Waals surface area contributed by atoms with Crippen LogP contribution >= 0.6 is 0 Å². The van der Waals surface area contributed by atoms with Crippen molar-refractivity contribution in [1.29, 1.82) is 0 Å². The van der Waals surface area contributed by atoms with Crippen LogP contribution in [0.4, 0.5) is 0 Å². The van der Waals surface area contributed by atoms with Crippen molar-refractivity contribution in [2.75, 3.05) is 0 Å². The molecule has 0 spiro atoms. The topological polar surface area (TPSA) is 86.6 Å². The average molecular weight is 390 g/mol.